The van der Waals surface area contributed by atoms with E-state index in [1.54, 1.807) is 13.3 Å². The molecule has 0 aromatic carbocycles. The van der Waals surface area contributed by atoms with Gasteiger partial charge < -0.3 is 20.4 Å². The van der Waals surface area contributed by atoms with Crippen LogP contribution in [0.2, 0.25) is 0 Å². The van der Waals surface area contributed by atoms with E-state index < -0.39 is 0 Å². The molecule has 2 aliphatic rings. The molecule has 1 saturated carbocycles. The summed E-state index contributed by atoms with van der Waals surface area (Å²) >= 11 is 0. The topological polar surface area (TPSA) is 81.9 Å². The first kappa shape index (κ1) is 24.0. The zero-order chi connectivity index (χ0) is 19.6. The number of nitrogens with one attached hydrogen (secondary N) is 3. The highest BCUT2D eigenvalue weighted by Gasteiger charge is 2.24. The largest absolute Gasteiger partial charge is 0.468 e. The van der Waals surface area contributed by atoms with Gasteiger partial charge in [0, 0.05) is 32.6 Å². The minimum Gasteiger partial charge on any atom is -0.468 e. The Balaban J connectivity index is 0.00000300. The van der Waals surface area contributed by atoms with E-state index in [0.717, 1.165) is 44.2 Å². The van der Waals surface area contributed by atoms with Crippen molar-refractivity contribution in [3.05, 3.63) is 24.2 Å². The molecule has 0 spiro atoms. The highest BCUT2D eigenvalue weighted by molar-refractivity contribution is 14.0. The molecule has 3 N–H and O–H groups in total. The van der Waals surface area contributed by atoms with Gasteiger partial charge >= 0.3 is 0 Å². The number of aliphatic imine (C=N–C) groups is 1. The number of furan rings is 1. The van der Waals surface area contributed by atoms with Crippen molar-refractivity contribution in [2.75, 3.05) is 33.2 Å². The zero-order valence-electron chi connectivity index (χ0n) is 17.5. The summed E-state index contributed by atoms with van der Waals surface area (Å²) in [5.41, 5.74) is 0. The van der Waals surface area contributed by atoms with Gasteiger partial charge in [-0.2, -0.15) is 0 Å². The third-order valence-electron chi connectivity index (χ3n) is 5.75. The van der Waals surface area contributed by atoms with Gasteiger partial charge in [0.1, 0.15) is 5.76 Å². The number of halogens is 1. The molecule has 1 aliphatic heterocycles. The van der Waals surface area contributed by atoms with E-state index in [2.05, 4.69) is 25.8 Å². The Morgan fingerprint density at radius 3 is 2.62 bits per heavy atom. The molecule has 0 radical (unpaired) electrons. The van der Waals surface area contributed by atoms with E-state index in [4.69, 9.17) is 4.42 Å². The van der Waals surface area contributed by atoms with Crippen LogP contribution in [0.15, 0.2) is 27.8 Å². The molecule has 1 atom stereocenters. The first-order valence-corrected chi connectivity index (χ1v) is 10.8. The second-order valence-electron chi connectivity index (χ2n) is 7.81. The number of rotatable bonds is 8. The molecule has 3 rings (SSSR count). The van der Waals surface area contributed by atoms with Crippen LogP contribution in [0.3, 0.4) is 0 Å². The fourth-order valence-corrected chi connectivity index (χ4v) is 4.20. The Morgan fingerprint density at radius 2 is 1.97 bits per heavy atom. The quantitative estimate of drug-likeness (QED) is 0.281. The fraction of sp³-hybridized carbons (Fsp3) is 0.714. The molecule has 1 amide bonds. The maximum absolute atomic E-state index is 12.1. The number of hydrogen-bond donors (Lipinski definition) is 3. The van der Waals surface area contributed by atoms with Gasteiger partial charge in [0.2, 0.25) is 5.91 Å². The van der Waals surface area contributed by atoms with Gasteiger partial charge in [-0.3, -0.25) is 14.7 Å². The standard InChI is InChI=1S/C21H35N5O2.HI/c1-22-21(23-12-11-20(27)25-17-8-3-4-9-17)24-16-18(19-10-7-15-28-19)26-13-5-2-6-14-26;/h7,10,15,17-18H,2-6,8-9,11-14,16H2,1H3,(H,25,27)(H2,22,23,24);1H. The van der Waals surface area contributed by atoms with Crippen LogP contribution in [-0.2, 0) is 4.79 Å². The van der Waals surface area contributed by atoms with Crippen LogP contribution in [0.1, 0.15) is 63.2 Å². The van der Waals surface area contributed by atoms with E-state index >= 15 is 0 Å². The number of carbonyl (C=O) groups excluding carboxylic acids is 1. The van der Waals surface area contributed by atoms with Crippen molar-refractivity contribution in [3.8, 4) is 0 Å². The predicted molar refractivity (Wildman–Crippen MR) is 127 cm³/mol. The normalized spacial score (nSPS) is 19.4. The highest BCUT2D eigenvalue weighted by Crippen LogP contribution is 2.24. The number of likely N-dealkylation sites (tertiary alicyclic amines) is 1. The SMILES string of the molecule is CN=C(NCCC(=O)NC1CCCC1)NCC(c1ccco1)N1CCCCC1.I. The van der Waals surface area contributed by atoms with Crippen molar-refractivity contribution in [1.29, 1.82) is 0 Å². The number of nitrogens with zero attached hydrogens (tertiary/aromatic N) is 2. The highest BCUT2D eigenvalue weighted by atomic mass is 127. The van der Waals surface area contributed by atoms with Crippen molar-refractivity contribution >= 4 is 35.8 Å². The average molecular weight is 517 g/mol. The lowest BCUT2D eigenvalue weighted by Gasteiger charge is -2.33. The first-order chi connectivity index (χ1) is 13.8. The number of piperidine rings is 1. The Labute approximate surface area is 191 Å². The lowest BCUT2D eigenvalue weighted by atomic mass is 10.1. The summed E-state index contributed by atoms with van der Waals surface area (Å²) < 4.78 is 5.70. The van der Waals surface area contributed by atoms with Crippen LogP contribution in [0.4, 0.5) is 0 Å². The summed E-state index contributed by atoms with van der Waals surface area (Å²) in [6.07, 6.45) is 10.7. The summed E-state index contributed by atoms with van der Waals surface area (Å²) in [5.74, 6) is 1.83. The van der Waals surface area contributed by atoms with Gasteiger partial charge in [0.25, 0.3) is 0 Å². The molecule has 1 aromatic rings. The van der Waals surface area contributed by atoms with Crippen LogP contribution < -0.4 is 16.0 Å². The van der Waals surface area contributed by atoms with Gasteiger partial charge in [0.15, 0.2) is 5.96 Å². The van der Waals surface area contributed by atoms with Gasteiger partial charge in [-0.1, -0.05) is 19.3 Å². The summed E-state index contributed by atoms with van der Waals surface area (Å²) in [7, 11) is 1.76. The molecule has 0 bridgehead atoms. The number of hydrogen-bond acceptors (Lipinski definition) is 4. The Kier molecular flexibility index (Phi) is 10.8. The second kappa shape index (κ2) is 13.1. The number of carbonyl (C=O) groups is 1. The molecular weight excluding hydrogens is 481 g/mol. The van der Waals surface area contributed by atoms with Crippen molar-refractivity contribution in [1.82, 2.24) is 20.9 Å². The van der Waals surface area contributed by atoms with Gasteiger partial charge in [-0.15, -0.1) is 24.0 Å². The van der Waals surface area contributed by atoms with Crippen molar-refractivity contribution in [2.24, 2.45) is 4.99 Å². The molecule has 1 unspecified atom stereocenters. The Hall–Kier alpha value is -1.29. The average Bonchev–Trinajstić information content (AvgIpc) is 3.42. The van der Waals surface area contributed by atoms with Crippen molar-refractivity contribution < 1.29 is 9.21 Å². The van der Waals surface area contributed by atoms with Gasteiger partial charge in [-0.25, -0.2) is 0 Å². The minimum absolute atomic E-state index is 0. The van der Waals surface area contributed by atoms with E-state index in [1.807, 2.05) is 12.1 Å². The summed E-state index contributed by atoms with van der Waals surface area (Å²) in [6.45, 7) is 3.50. The molecule has 7 nitrogen and oxygen atoms in total. The Morgan fingerprint density at radius 1 is 1.21 bits per heavy atom. The second-order valence-corrected chi connectivity index (χ2v) is 7.81. The molecule has 164 valence electrons. The van der Waals surface area contributed by atoms with Gasteiger partial charge in [0.05, 0.1) is 12.3 Å². The minimum atomic E-state index is 0. The zero-order valence-corrected chi connectivity index (χ0v) is 19.8. The first-order valence-electron chi connectivity index (χ1n) is 10.8. The summed E-state index contributed by atoms with van der Waals surface area (Å²) in [5, 5.41) is 9.79. The number of amides is 1. The summed E-state index contributed by atoms with van der Waals surface area (Å²) in [4.78, 5) is 18.9. The monoisotopic (exact) mass is 517 g/mol. The van der Waals surface area contributed by atoms with E-state index in [-0.39, 0.29) is 35.9 Å². The van der Waals surface area contributed by atoms with Crippen LogP contribution in [0, 0.1) is 0 Å². The van der Waals surface area contributed by atoms with Gasteiger partial charge in [-0.05, 0) is 50.9 Å². The van der Waals surface area contributed by atoms with Crippen molar-refractivity contribution in [3.63, 3.8) is 0 Å². The smallest absolute Gasteiger partial charge is 0.221 e. The van der Waals surface area contributed by atoms with Crippen LogP contribution >= 0.6 is 24.0 Å². The predicted octanol–water partition coefficient (Wildman–Crippen LogP) is 3.04. The molecule has 8 heteroatoms. The molecule has 2 heterocycles. The van der Waals surface area contributed by atoms with E-state index in [0.29, 0.717) is 19.0 Å². The lowest BCUT2D eigenvalue weighted by molar-refractivity contribution is -0.121. The lowest BCUT2D eigenvalue weighted by Crippen LogP contribution is -2.45. The molecule has 29 heavy (non-hydrogen) atoms. The van der Waals surface area contributed by atoms with Crippen LogP contribution in [0.25, 0.3) is 0 Å². The van der Waals surface area contributed by atoms with Crippen molar-refractivity contribution in [2.45, 2.75) is 63.5 Å². The third kappa shape index (κ3) is 7.81. The van der Waals surface area contributed by atoms with Crippen LogP contribution in [0.5, 0.6) is 0 Å². The summed E-state index contributed by atoms with van der Waals surface area (Å²) in [6, 6.07) is 4.57. The fourth-order valence-electron chi connectivity index (χ4n) is 4.20. The maximum Gasteiger partial charge on any atom is 0.221 e. The molecule has 1 saturated heterocycles. The molecule has 2 fully saturated rings. The van der Waals surface area contributed by atoms with Crippen LogP contribution in [-0.4, -0.2) is 56.0 Å². The maximum atomic E-state index is 12.1. The third-order valence-corrected chi connectivity index (χ3v) is 5.75. The number of guanidine groups is 1. The molecule has 1 aliphatic carbocycles. The van der Waals surface area contributed by atoms with E-state index in [1.165, 1.54) is 32.1 Å². The molecule has 1 aromatic heterocycles. The van der Waals surface area contributed by atoms with E-state index in [9.17, 15) is 4.79 Å². The molecular formula is C21H36IN5O2. The Bertz CT molecular complexity index is 611.